The Morgan fingerprint density at radius 2 is 1.70 bits per heavy atom. The zero-order valence-corrected chi connectivity index (χ0v) is 11.0. The summed E-state index contributed by atoms with van der Waals surface area (Å²) in [5.41, 5.74) is 5.25. The van der Waals surface area contributed by atoms with Crippen molar-refractivity contribution in [3.05, 3.63) is 58.6 Å². The second-order valence-electron chi connectivity index (χ2n) is 4.17. The lowest BCUT2D eigenvalue weighted by atomic mass is 10.1. The predicted octanol–water partition coefficient (Wildman–Crippen LogP) is 4.52. The lowest BCUT2D eigenvalue weighted by Gasteiger charge is -2.14. The Morgan fingerprint density at radius 3 is 2.30 bits per heavy atom. The van der Waals surface area contributed by atoms with Gasteiger partial charge in [0.25, 0.3) is 0 Å². The van der Waals surface area contributed by atoms with Crippen molar-refractivity contribution in [1.82, 2.24) is 0 Å². The summed E-state index contributed by atoms with van der Waals surface area (Å²) < 4.78 is 43.8. The minimum Gasteiger partial charge on any atom is -0.488 e. The van der Waals surface area contributed by atoms with Gasteiger partial charge < -0.3 is 10.5 Å². The fourth-order valence-corrected chi connectivity index (χ4v) is 1.76. The summed E-state index contributed by atoms with van der Waals surface area (Å²) in [6.45, 7) is 0.0180. The Bertz CT molecular complexity index is 596. The molecule has 0 aliphatic rings. The van der Waals surface area contributed by atoms with Crippen molar-refractivity contribution in [2.45, 2.75) is 12.8 Å². The average molecular weight is 302 g/mol. The first-order chi connectivity index (χ1) is 9.36. The monoisotopic (exact) mass is 301 g/mol. The van der Waals surface area contributed by atoms with E-state index in [9.17, 15) is 13.2 Å². The highest BCUT2D eigenvalue weighted by Crippen LogP contribution is 2.37. The SMILES string of the molecule is Nc1ccc(OCc2ccc(Cl)cc2)c(C(F)(F)F)c1. The standard InChI is InChI=1S/C14H11ClF3NO/c15-10-3-1-9(2-4-10)8-20-13-6-5-11(19)7-12(13)14(16,17)18/h1-7H,8,19H2. The molecule has 0 aliphatic heterocycles. The van der Waals surface area contributed by atoms with Gasteiger partial charge in [-0.3, -0.25) is 0 Å². The van der Waals surface area contributed by atoms with Gasteiger partial charge in [-0.15, -0.1) is 0 Å². The van der Waals surface area contributed by atoms with E-state index in [0.29, 0.717) is 5.02 Å². The summed E-state index contributed by atoms with van der Waals surface area (Å²) in [6, 6.07) is 10.1. The third-order valence-electron chi connectivity index (χ3n) is 2.62. The molecule has 20 heavy (non-hydrogen) atoms. The lowest BCUT2D eigenvalue weighted by molar-refractivity contribution is -0.139. The van der Waals surface area contributed by atoms with Crippen LogP contribution in [0.3, 0.4) is 0 Å². The maximum absolute atomic E-state index is 12.9. The normalized spacial score (nSPS) is 11.4. The minimum absolute atomic E-state index is 0.0180. The van der Waals surface area contributed by atoms with Crippen LogP contribution in [0.25, 0.3) is 0 Å². The van der Waals surface area contributed by atoms with Crippen LogP contribution in [0.5, 0.6) is 5.75 Å². The van der Waals surface area contributed by atoms with Crippen molar-refractivity contribution in [3.8, 4) is 5.75 Å². The molecule has 0 unspecified atom stereocenters. The first kappa shape index (κ1) is 14.5. The van der Waals surface area contributed by atoms with Crippen LogP contribution < -0.4 is 10.5 Å². The summed E-state index contributed by atoms with van der Waals surface area (Å²) in [7, 11) is 0. The molecule has 2 rings (SSSR count). The fourth-order valence-electron chi connectivity index (χ4n) is 1.64. The molecule has 0 saturated carbocycles. The smallest absolute Gasteiger partial charge is 0.420 e. The molecular weight excluding hydrogens is 291 g/mol. The molecule has 6 heteroatoms. The second kappa shape index (κ2) is 5.63. The van der Waals surface area contributed by atoms with Crippen LogP contribution in [0.1, 0.15) is 11.1 Å². The number of rotatable bonds is 3. The summed E-state index contributed by atoms with van der Waals surface area (Å²) >= 11 is 5.73. The molecule has 2 aromatic rings. The lowest BCUT2D eigenvalue weighted by Crippen LogP contribution is -2.09. The van der Waals surface area contributed by atoms with Gasteiger partial charge in [-0.25, -0.2) is 0 Å². The summed E-state index contributed by atoms with van der Waals surface area (Å²) in [5.74, 6) is -0.248. The minimum atomic E-state index is -4.51. The van der Waals surface area contributed by atoms with Crippen molar-refractivity contribution in [2.75, 3.05) is 5.73 Å². The number of alkyl halides is 3. The van der Waals surface area contributed by atoms with Crippen molar-refractivity contribution in [2.24, 2.45) is 0 Å². The number of anilines is 1. The second-order valence-corrected chi connectivity index (χ2v) is 4.60. The van der Waals surface area contributed by atoms with Gasteiger partial charge in [0.2, 0.25) is 0 Å². The summed E-state index contributed by atoms with van der Waals surface area (Å²) in [5, 5.41) is 0.553. The van der Waals surface area contributed by atoms with Gasteiger partial charge in [0.1, 0.15) is 12.4 Å². The molecule has 0 radical (unpaired) electrons. The molecule has 0 aliphatic carbocycles. The molecule has 0 spiro atoms. The van der Waals surface area contributed by atoms with Crippen LogP contribution in [-0.2, 0) is 12.8 Å². The van der Waals surface area contributed by atoms with Gasteiger partial charge in [0.15, 0.2) is 0 Å². The first-order valence-electron chi connectivity index (χ1n) is 5.70. The first-order valence-corrected chi connectivity index (χ1v) is 6.08. The quantitative estimate of drug-likeness (QED) is 0.846. The van der Waals surface area contributed by atoms with Crippen LogP contribution in [-0.4, -0.2) is 0 Å². The van der Waals surface area contributed by atoms with Crippen molar-refractivity contribution in [3.63, 3.8) is 0 Å². The van der Waals surface area contributed by atoms with Crippen molar-refractivity contribution in [1.29, 1.82) is 0 Å². The number of nitrogens with two attached hydrogens (primary N) is 1. The van der Waals surface area contributed by atoms with Gasteiger partial charge in [0.05, 0.1) is 5.56 Å². The van der Waals surface area contributed by atoms with E-state index in [0.717, 1.165) is 11.6 Å². The van der Waals surface area contributed by atoms with Gasteiger partial charge in [-0.2, -0.15) is 13.2 Å². The van der Waals surface area contributed by atoms with Crippen LogP contribution >= 0.6 is 11.6 Å². The molecule has 0 bridgehead atoms. The highest BCUT2D eigenvalue weighted by Gasteiger charge is 2.34. The van der Waals surface area contributed by atoms with E-state index < -0.39 is 11.7 Å². The predicted molar refractivity (Wildman–Crippen MR) is 71.6 cm³/mol. The van der Waals surface area contributed by atoms with Crippen molar-refractivity contribution < 1.29 is 17.9 Å². The maximum atomic E-state index is 12.9. The number of halogens is 4. The molecule has 0 heterocycles. The highest BCUT2D eigenvalue weighted by molar-refractivity contribution is 6.30. The Labute approximate surface area is 118 Å². The van der Waals surface area contributed by atoms with Gasteiger partial charge >= 0.3 is 6.18 Å². The van der Waals surface area contributed by atoms with Crippen LogP contribution in [0.4, 0.5) is 18.9 Å². The number of hydrogen-bond donors (Lipinski definition) is 1. The molecule has 0 aromatic heterocycles. The molecule has 106 valence electrons. The van der Waals surface area contributed by atoms with E-state index in [-0.39, 0.29) is 18.0 Å². The Kier molecular flexibility index (Phi) is 4.09. The highest BCUT2D eigenvalue weighted by atomic mass is 35.5. The van der Waals surface area contributed by atoms with Gasteiger partial charge in [-0.1, -0.05) is 23.7 Å². The van der Waals surface area contributed by atoms with E-state index in [1.807, 2.05) is 0 Å². The zero-order chi connectivity index (χ0) is 14.8. The van der Waals surface area contributed by atoms with E-state index in [1.54, 1.807) is 24.3 Å². The third kappa shape index (κ3) is 3.57. The van der Waals surface area contributed by atoms with E-state index in [4.69, 9.17) is 22.1 Å². The molecule has 0 fully saturated rings. The molecular formula is C14H11ClF3NO. The summed E-state index contributed by atoms with van der Waals surface area (Å²) in [4.78, 5) is 0. The van der Waals surface area contributed by atoms with Crippen LogP contribution in [0, 0.1) is 0 Å². The molecule has 0 saturated heterocycles. The fraction of sp³-hybridized carbons (Fsp3) is 0.143. The van der Waals surface area contributed by atoms with Gasteiger partial charge in [0, 0.05) is 10.7 Å². The Morgan fingerprint density at radius 1 is 1.05 bits per heavy atom. The molecule has 2 N–H and O–H groups in total. The number of ether oxygens (including phenoxy) is 1. The molecule has 0 amide bonds. The molecule has 2 aromatic carbocycles. The summed E-state index contributed by atoms with van der Waals surface area (Å²) in [6.07, 6.45) is -4.51. The van der Waals surface area contributed by atoms with E-state index in [2.05, 4.69) is 0 Å². The Hall–Kier alpha value is -1.88. The maximum Gasteiger partial charge on any atom is 0.420 e. The topological polar surface area (TPSA) is 35.2 Å². The number of benzene rings is 2. The molecule has 2 nitrogen and oxygen atoms in total. The third-order valence-corrected chi connectivity index (χ3v) is 2.87. The van der Waals surface area contributed by atoms with E-state index >= 15 is 0 Å². The van der Waals surface area contributed by atoms with Crippen molar-refractivity contribution >= 4 is 17.3 Å². The number of hydrogen-bond acceptors (Lipinski definition) is 2. The molecule has 0 atom stereocenters. The zero-order valence-electron chi connectivity index (χ0n) is 10.2. The van der Waals surface area contributed by atoms with Crippen LogP contribution in [0.15, 0.2) is 42.5 Å². The van der Waals surface area contributed by atoms with E-state index in [1.165, 1.54) is 12.1 Å². The largest absolute Gasteiger partial charge is 0.488 e. The average Bonchev–Trinajstić information content (AvgIpc) is 2.38. The number of nitrogen functional groups attached to an aromatic ring is 1. The van der Waals surface area contributed by atoms with Crippen LogP contribution in [0.2, 0.25) is 5.02 Å². The van der Waals surface area contributed by atoms with Gasteiger partial charge in [-0.05, 0) is 35.9 Å². The Balaban J connectivity index is 2.19.